The molecule has 0 aromatic carbocycles. The van der Waals surface area contributed by atoms with Crippen molar-refractivity contribution in [3.05, 3.63) is 22.4 Å². The lowest BCUT2D eigenvalue weighted by Gasteiger charge is -2.48. The van der Waals surface area contributed by atoms with Gasteiger partial charge in [0.05, 0.1) is 11.2 Å². The van der Waals surface area contributed by atoms with Gasteiger partial charge in [-0.25, -0.2) is 0 Å². The van der Waals surface area contributed by atoms with Gasteiger partial charge in [-0.05, 0) is 63.1 Å². The van der Waals surface area contributed by atoms with E-state index in [1.54, 1.807) is 11.3 Å². The van der Waals surface area contributed by atoms with Crippen LogP contribution in [0, 0.1) is 0 Å². The van der Waals surface area contributed by atoms with Gasteiger partial charge in [0.15, 0.2) is 0 Å². The topological polar surface area (TPSA) is 32.8 Å². The molecule has 3 aliphatic rings. The van der Waals surface area contributed by atoms with Crippen LogP contribution in [0.4, 0.5) is 0 Å². The first-order chi connectivity index (χ1) is 11.3. The molecule has 1 aromatic heterocycles. The molecule has 4 nitrogen and oxygen atoms in total. The van der Waals surface area contributed by atoms with E-state index in [9.17, 15) is 4.79 Å². The molecular formula is C18H26N2O2S. The number of thiophene rings is 1. The second kappa shape index (κ2) is 6.54. The molecule has 4 rings (SSSR count). The van der Waals surface area contributed by atoms with E-state index in [4.69, 9.17) is 4.74 Å². The van der Waals surface area contributed by atoms with Gasteiger partial charge in [-0.1, -0.05) is 0 Å². The highest BCUT2D eigenvalue weighted by molar-refractivity contribution is 7.08. The summed E-state index contributed by atoms with van der Waals surface area (Å²) in [6.45, 7) is 5.09. The van der Waals surface area contributed by atoms with Gasteiger partial charge in [0.1, 0.15) is 0 Å². The van der Waals surface area contributed by atoms with Crippen molar-refractivity contribution < 1.29 is 9.53 Å². The molecule has 1 amide bonds. The van der Waals surface area contributed by atoms with Gasteiger partial charge < -0.3 is 14.5 Å². The summed E-state index contributed by atoms with van der Waals surface area (Å²) in [6.07, 6.45) is 7.04. The fourth-order valence-electron chi connectivity index (χ4n) is 4.45. The van der Waals surface area contributed by atoms with Crippen molar-refractivity contribution in [3.8, 4) is 0 Å². The first-order valence-electron chi connectivity index (χ1n) is 8.95. The van der Waals surface area contributed by atoms with Gasteiger partial charge in [0.25, 0.3) is 5.91 Å². The van der Waals surface area contributed by atoms with Gasteiger partial charge >= 0.3 is 0 Å². The van der Waals surface area contributed by atoms with E-state index in [1.807, 2.05) is 21.7 Å². The number of carbonyl (C=O) groups excluding carboxylic acids is 1. The fraction of sp³-hybridized carbons (Fsp3) is 0.722. The van der Waals surface area contributed by atoms with E-state index < -0.39 is 0 Å². The van der Waals surface area contributed by atoms with Crippen LogP contribution in [0.15, 0.2) is 16.8 Å². The normalized spacial score (nSPS) is 28.3. The van der Waals surface area contributed by atoms with Crippen molar-refractivity contribution in [2.45, 2.75) is 50.2 Å². The first-order valence-corrected chi connectivity index (χ1v) is 9.90. The maximum Gasteiger partial charge on any atom is 0.254 e. The van der Waals surface area contributed by atoms with E-state index in [0.717, 1.165) is 44.5 Å². The number of piperidine rings is 1. The van der Waals surface area contributed by atoms with Crippen LogP contribution in [0.25, 0.3) is 0 Å². The molecule has 3 fully saturated rings. The molecule has 1 aromatic rings. The molecule has 5 heteroatoms. The highest BCUT2D eigenvalue weighted by Gasteiger charge is 2.42. The Kier molecular flexibility index (Phi) is 4.43. The van der Waals surface area contributed by atoms with Crippen LogP contribution < -0.4 is 0 Å². The van der Waals surface area contributed by atoms with E-state index in [2.05, 4.69) is 4.90 Å². The highest BCUT2D eigenvalue weighted by Crippen LogP contribution is 2.37. The molecule has 3 aliphatic heterocycles. The summed E-state index contributed by atoms with van der Waals surface area (Å²) in [7, 11) is 0. The van der Waals surface area contributed by atoms with Crippen molar-refractivity contribution in [3.63, 3.8) is 0 Å². The second-order valence-electron chi connectivity index (χ2n) is 7.23. The second-order valence-corrected chi connectivity index (χ2v) is 8.01. The van der Waals surface area contributed by atoms with E-state index in [1.165, 1.54) is 32.4 Å². The minimum Gasteiger partial charge on any atom is -0.375 e. The minimum atomic E-state index is 0.0247. The number of hydrogen-bond acceptors (Lipinski definition) is 4. The predicted octanol–water partition coefficient (Wildman–Crippen LogP) is 3.00. The SMILES string of the molecule is O=C(c1ccsc1)N1CCC2(CC1)CC(N1CCCC1)CCO2. The third-order valence-corrected chi connectivity index (χ3v) is 6.54. The molecule has 3 saturated heterocycles. The Hall–Kier alpha value is -0.910. The third-order valence-electron chi connectivity index (χ3n) is 5.85. The zero-order valence-corrected chi connectivity index (χ0v) is 14.5. The third kappa shape index (κ3) is 3.19. The molecular weight excluding hydrogens is 308 g/mol. The van der Waals surface area contributed by atoms with Crippen LogP contribution in [0.1, 0.15) is 48.9 Å². The van der Waals surface area contributed by atoms with Crippen molar-refractivity contribution in [2.24, 2.45) is 0 Å². The fourth-order valence-corrected chi connectivity index (χ4v) is 5.08. The lowest BCUT2D eigenvalue weighted by atomic mass is 9.81. The van der Waals surface area contributed by atoms with Crippen LogP contribution in [0.5, 0.6) is 0 Å². The Balaban J connectivity index is 1.37. The molecule has 1 spiro atoms. The van der Waals surface area contributed by atoms with Crippen molar-refractivity contribution in [2.75, 3.05) is 32.8 Å². The summed E-state index contributed by atoms with van der Waals surface area (Å²) in [5.41, 5.74) is 0.863. The van der Waals surface area contributed by atoms with Gasteiger partial charge in [-0.15, -0.1) is 0 Å². The van der Waals surface area contributed by atoms with Crippen LogP contribution in [-0.4, -0.2) is 60.1 Å². The number of likely N-dealkylation sites (tertiary alicyclic amines) is 2. The summed E-state index contributed by atoms with van der Waals surface area (Å²) < 4.78 is 6.25. The summed E-state index contributed by atoms with van der Waals surface area (Å²) >= 11 is 1.59. The maximum atomic E-state index is 12.5. The number of ether oxygens (including phenoxy) is 1. The molecule has 1 unspecified atom stereocenters. The van der Waals surface area contributed by atoms with E-state index in [-0.39, 0.29) is 11.5 Å². The Bertz CT molecular complexity index is 531. The average Bonchev–Trinajstić information content (AvgIpc) is 3.29. The minimum absolute atomic E-state index is 0.0247. The molecule has 0 aliphatic carbocycles. The van der Waals surface area contributed by atoms with Crippen LogP contribution >= 0.6 is 11.3 Å². The Morgan fingerprint density at radius 3 is 2.70 bits per heavy atom. The number of carbonyl (C=O) groups is 1. The molecule has 0 radical (unpaired) electrons. The zero-order chi connectivity index (χ0) is 15.7. The first kappa shape index (κ1) is 15.6. The quantitative estimate of drug-likeness (QED) is 0.833. The van der Waals surface area contributed by atoms with Gasteiger partial charge in [0, 0.05) is 31.1 Å². The molecule has 0 bridgehead atoms. The van der Waals surface area contributed by atoms with Crippen molar-refractivity contribution in [1.82, 2.24) is 9.80 Å². The highest BCUT2D eigenvalue weighted by atomic mass is 32.1. The summed E-state index contributed by atoms with van der Waals surface area (Å²) in [4.78, 5) is 17.2. The maximum absolute atomic E-state index is 12.5. The molecule has 4 heterocycles. The van der Waals surface area contributed by atoms with E-state index >= 15 is 0 Å². The largest absolute Gasteiger partial charge is 0.375 e. The zero-order valence-electron chi connectivity index (χ0n) is 13.7. The number of hydrogen-bond donors (Lipinski definition) is 0. The molecule has 1 atom stereocenters. The number of amides is 1. The van der Waals surface area contributed by atoms with Crippen LogP contribution in [0.2, 0.25) is 0 Å². The number of nitrogens with zero attached hydrogens (tertiary/aromatic N) is 2. The van der Waals surface area contributed by atoms with Crippen molar-refractivity contribution in [1.29, 1.82) is 0 Å². The Morgan fingerprint density at radius 1 is 1.22 bits per heavy atom. The average molecular weight is 334 g/mol. The monoisotopic (exact) mass is 334 g/mol. The predicted molar refractivity (Wildman–Crippen MR) is 92.0 cm³/mol. The smallest absolute Gasteiger partial charge is 0.254 e. The summed E-state index contributed by atoms with van der Waals surface area (Å²) in [5.74, 6) is 0.188. The Labute approximate surface area is 142 Å². The standard InChI is InChI=1S/C18H26N2O2S/c21-17(15-4-12-23-14-15)20-9-5-18(6-10-20)13-16(3-11-22-18)19-7-1-2-8-19/h4,12,14,16H,1-3,5-11,13H2. The van der Waals surface area contributed by atoms with E-state index in [0.29, 0.717) is 6.04 Å². The molecule has 0 saturated carbocycles. The molecule has 23 heavy (non-hydrogen) atoms. The van der Waals surface area contributed by atoms with Gasteiger partial charge in [-0.3, -0.25) is 4.79 Å². The number of rotatable bonds is 2. The Morgan fingerprint density at radius 2 is 2.00 bits per heavy atom. The van der Waals surface area contributed by atoms with Crippen molar-refractivity contribution >= 4 is 17.2 Å². The van der Waals surface area contributed by atoms with Gasteiger partial charge in [0.2, 0.25) is 0 Å². The molecule has 126 valence electrons. The summed E-state index contributed by atoms with van der Waals surface area (Å²) in [6, 6.07) is 2.63. The molecule has 0 N–H and O–H groups in total. The summed E-state index contributed by atoms with van der Waals surface area (Å²) in [5, 5.41) is 3.93. The lowest BCUT2D eigenvalue weighted by molar-refractivity contribution is -0.128. The van der Waals surface area contributed by atoms with Crippen LogP contribution in [0.3, 0.4) is 0 Å². The van der Waals surface area contributed by atoms with Gasteiger partial charge in [-0.2, -0.15) is 11.3 Å². The lowest BCUT2D eigenvalue weighted by Crippen LogP contribution is -2.54. The van der Waals surface area contributed by atoms with Crippen LogP contribution in [-0.2, 0) is 4.74 Å².